The van der Waals surface area contributed by atoms with Crippen LogP contribution in [0.2, 0.25) is 0 Å². The Balaban J connectivity index is 1.45. The molecule has 3 aliphatic carbocycles. The predicted molar refractivity (Wildman–Crippen MR) is 73.8 cm³/mol. The summed E-state index contributed by atoms with van der Waals surface area (Å²) in [4.78, 5) is 9.38. The fourth-order valence-electron chi connectivity index (χ4n) is 4.47. The van der Waals surface area contributed by atoms with Gasteiger partial charge in [-0.3, -0.25) is 0 Å². The molecule has 3 fully saturated rings. The minimum absolute atomic E-state index is 0.108. The second-order valence-corrected chi connectivity index (χ2v) is 9.06. The van der Waals surface area contributed by atoms with E-state index in [9.17, 15) is 5.21 Å². The van der Waals surface area contributed by atoms with Gasteiger partial charge in [-0.1, -0.05) is 0 Å². The number of halogens is 1. The van der Waals surface area contributed by atoms with E-state index in [0.29, 0.717) is 11.9 Å². The summed E-state index contributed by atoms with van der Waals surface area (Å²) in [5.74, 6) is 3.48. The van der Waals surface area contributed by atoms with Crippen molar-refractivity contribution in [3.63, 3.8) is 0 Å². The normalized spacial score (nSPS) is 38.1. The first kappa shape index (κ1) is 14.7. The van der Waals surface area contributed by atoms with E-state index in [1.54, 1.807) is 0 Å². The van der Waals surface area contributed by atoms with Crippen LogP contribution in [0.3, 0.4) is 0 Å². The molecule has 114 valence electrons. The molecule has 6 heteroatoms. The Bertz CT molecular complexity index is 375. The van der Waals surface area contributed by atoms with Crippen molar-refractivity contribution in [3.8, 4) is 0 Å². The Hall–Kier alpha value is -0.210. The van der Waals surface area contributed by atoms with E-state index in [1.165, 1.54) is 22.2 Å². The summed E-state index contributed by atoms with van der Waals surface area (Å²) in [5.41, 5.74) is 0. The van der Waals surface area contributed by atoms with Gasteiger partial charge in [0.1, 0.15) is 0 Å². The third-order valence-corrected chi connectivity index (χ3v) is 7.33. The topological polar surface area (TPSA) is 50.9 Å². The van der Waals surface area contributed by atoms with Crippen LogP contribution in [0.4, 0.5) is 0 Å². The Kier molecular flexibility index (Phi) is 4.62. The van der Waals surface area contributed by atoms with Gasteiger partial charge in [-0.05, 0) is 0 Å². The standard InChI is InChI=1S/C14H23IN3O2/c1-16-6-5-15-17(2)18(19)20-12-8-13-10-3-4-11(7-10)14(13)9-12/h10-14H,1-9H2/q-1. The molecular weight excluding hydrogens is 369 g/mol. The number of fused-ring (bicyclic) bond motifs is 5. The van der Waals surface area contributed by atoms with Crippen molar-refractivity contribution < 1.29 is 29.2 Å². The molecule has 4 atom stereocenters. The molecule has 0 aliphatic heterocycles. The Labute approximate surface area is 131 Å². The molecule has 3 rings (SSSR count). The first-order valence-electron chi connectivity index (χ1n) is 7.45. The zero-order chi connectivity index (χ0) is 14.1. The molecule has 3 saturated carbocycles. The first-order valence-corrected chi connectivity index (χ1v) is 9.94. The van der Waals surface area contributed by atoms with Gasteiger partial charge in [0.15, 0.2) is 0 Å². The SMILES string of the molecule is C=NCC[I-][N+](=C)N([O-])OC1CC2C3CCC(C3)C2C1. The number of hydrogen-bond acceptors (Lipinski definition) is 4. The first-order chi connectivity index (χ1) is 9.69. The molecular formula is C14H23IN3O2-. The second-order valence-electron chi connectivity index (χ2n) is 6.19. The second kappa shape index (κ2) is 6.27. The van der Waals surface area contributed by atoms with Crippen LogP contribution in [0.15, 0.2) is 4.99 Å². The molecule has 0 saturated heterocycles. The van der Waals surface area contributed by atoms with Gasteiger partial charge in [-0.2, -0.15) is 0 Å². The summed E-state index contributed by atoms with van der Waals surface area (Å²) in [6, 6.07) is 0. The minimum atomic E-state index is -0.448. The summed E-state index contributed by atoms with van der Waals surface area (Å²) in [5, 5.41) is 12.6. The van der Waals surface area contributed by atoms with Gasteiger partial charge in [0, 0.05) is 0 Å². The predicted octanol–water partition coefficient (Wildman–Crippen LogP) is -1.12. The molecule has 0 aromatic heterocycles. The average Bonchev–Trinajstić information content (AvgIpc) is 3.10. The Morgan fingerprint density at radius 2 is 1.90 bits per heavy atom. The summed E-state index contributed by atoms with van der Waals surface area (Å²) >= 11 is -0.448. The van der Waals surface area contributed by atoms with Crippen molar-refractivity contribution in [2.75, 3.05) is 11.0 Å². The van der Waals surface area contributed by atoms with E-state index in [1.807, 2.05) is 0 Å². The quantitative estimate of drug-likeness (QED) is 0.138. The van der Waals surface area contributed by atoms with Crippen LogP contribution >= 0.6 is 0 Å². The van der Waals surface area contributed by atoms with Crippen molar-refractivity contribution in [1.29, 1.82) is 0 Å². The van der Waals surface area contributed by atoms with Gasteiger partial charge in [0.2, 0.25) is 0 Å². The molecule has 0 N–H and O–H groups in total. The number of nitrogens with zero attached hydrogens (tertiary/aromatic N) is 3. The molecule has 0 radical (unpaired) electrons. The molecule has 5 nitrogen and oxygen atoms in total. The van der Waals surface area contributed by atoms with Crippen molar-refractivity contribution in [3.05, 3.63) is 5.21 Å². The number of hydrogen-bond donors (Lipinski definition) is 0. The number of alkyl halides is 1. The fourth-order valence-corrected chi connectivity index (χ4v) is 5.94. The number of rotatable bonds is 7. The number of hydrazone groups is 1. The van der Waals surface area contributed by atoms with Gasteiger partial charge >= 0.3 is 131 Å². The molecule has 20 heavy (non-hydrogen) atoms. The molecule has 4 unspecified atom stereocenters. The third-order valence-electron chi connectivity index (χ3n) is 5.23. The van der Waals surface area contributed by atoms with Crippen LogP contribution in [0, 0.1) is 28.9 Å². The van der Waals surface area contributed by atoms with E-state index >= 15 is 0 Å². The van der Waals surface area contributed by atoms with Crippen LogP contribution in [0.5, 0.6) is 0 Å². The summed E-state index contributed by atoms with van der Waals surface area (Å²) < 4.78 is 2.33. The molecule has 0 aromatic carbocycles. The van der Waals surface area contributed by atoms with Crippen LogP contribution in [0.1, 0.15) is 32.1 Å². The molecule has 0 aromatic rings. The zero-order valence-corrected chi connectivity index (χ0v) is 13.9. The van der Waals surface area contributed by atoms with Crippen molar-refractivity contribution in [2.45, 2.75) is 38.2 Å². The monoisotopic (exact) mass is 392 g/mol. The van der Waals surface area contributed by atoms with Gasteiger partial charge in [-0.15, -0.1) is 0 Å². The van der Waals surface area contributed by atoms with Crippen LogP contribution < -0.4 is 21.5 Å². The fraction of sp³-hybridized carbons (Fsp3) is 0.857. The Morgan fingerprint density at radius 3 is 2.50 bits per heavy atom. The van der Waals surface area contributed by atoms with E-state index in [4.69, 9.17) is 4.84 Å². The van der Waals surface area contributed by atoms with Gasteiger partial charge in [-0.25, -0.2) is 0 Å². The third kappa shape index (κ3) is 2.87. The zero-order valence-electron chi connectivity index (χ0n) is 11.8. The maximum atomic E-state index is 11.9. The van der Waals surface area contributed by atoms with E-state index in [0.717, 1.165) is 40.9 Å². The molecule has 0 amide bonds. The van der Waals surface area contributed by atoms with Crippen molar-refractivity contribution in [1.82, 2.24) is 5.34 Å². The Morgan fingerprint density at radius 1 is 1.25 bits per heavy atom. The van der Waals surface area contributed by atoms with E-state index in [2.05, 4.69) is 18.4 Å². The summed E-state index contributed by atoms with van der Waals surface area (Å²) in [6.45, 7) is 7.92. The van der Waals surface area contributed by atoms with Gasteiger partial charge in [0.05, 0.1) is 0 Å². The van der Waals surface area contributed by atoms with E-state index in [-0.39, 0.29) is 6.10 Å². The molecule has 3 aliphatic rings. The average molecular weight is 392 g/mol. The molecule has 0 heterocycles. The summed E-state index contributed by atoms with van der Waals surface area (Å²) in [7, 11) is 0. The van der Waals surface area contributed by atoms with E-state index < -0.39 is 21.5 Å². The summed E-state index contributed by atoms with van der Waals surface area (Å²) in [6.07, 6.45) is 6.50. The van der Waals surface area contributed by atoms with Crippen LogP contribution in [-0.4, -0.2) is 38.7 Å². The number of hydrazine groups is 1. The van der Waals surface area contributed by atoms with Crippen LogP contribution in [-0.2, 0) is 4.84 Å². The van der Waals surface area contributed by atoms with Gasteiger partial charge < -0.3 is 0 Å². The molecule has 0 spiro atoms. The van der Waals surface area contributed by atoms with Gasteiger partial charge in [0.25, 0.3) is 0 Å². The number of aliphatic imine (C=N–C) groups is 1. The van der Waals surface area contributed by atoms with Crippen molar-refractivity contribution in [2.24, 2.45) is 28.7 Å². The maximum absolute atomic E-state index is 11.9. The van der Waals surface area contributed by atoms with Crippen LogP contribution in [0.25, 0.3) is 0 Å². The van der Waals surface area contributed by atoms with Crippen molar-refractivity contribution >= 4 is 13.4 Å². The molecule has 2 bridgehead atoms.